The Hall–Kier alpha value is -1.36. The molecule has 0 saturated carbocycles. The van der Waals surface area contributed by atoms with E-state index in [9.17, 15) is 4.79 Å². The van der Waals surface area contributed by atoms with E-state index in [1.54, 1.807) is 0 Å². The Morgan fingerprint density at radius 3 is 2.74 bits per heavy atom. The second-order valence-corrected chi connectivity index (χ2v) is 4.61. The average molecular weight is 267 g/mol. The summed E-state index contributed by atoms with van der Waals surface area (Å²) in [6.45, 7) is 11.3. The maximum absolute atomic E-state index is 11.6. The summed E-state index contributed by atoms with van der Waals surface area (Å²) in [6.07, 6.45) is 1.01. The molecule has 0 N–H and O–H groups in total. The van der Waals surface area contributed by atoms with E-state index in [-0.39, 0.29) is 5.97 Å². The van der Waals surface area contributed by atoms with Crippen molar-refractivity contribution in [2.24, 2.45) is 0 Å². The van der Waals surface area contributed by atoms with Crippen LogP contribution in [0.25, 0.3) is 0 Å². The quantitative estimate of drug-likeness (QED) is 0.676. The van der Waals surface area contributed by atoms with Crippen LogP contribution in [0.5, 0.6) is 0 Å². The van der Waals surface area contributed by atoms with Gasteiger partial charge in [-0.05, 0) is 39.8 Å². The largest absolute Gasteiger partial charge is 0.465 e. The standard InChI is InChI=1S/C14H25N3O2/c1-5-8-16(11-14(18)19-7-3)10-13-9-12(4)15-17(13)6-2/h9H,5-8,10-11H2,1-4H3. The Morgan fingerprint density at radius 2 is 2.16 bits per heavy atom. The van der Waals surface area contributed by atoms with Crippen molar-refractivity contribution in [2.75, 3.05) is 19.7 Å². The fourth-order valence-electron chi connectivity index (χ4n) is 2.15. The van der Waals surface area contributed by atoms with Crippen molar-refractivity contribution in [2.45, 2.75) is 47.2 Å². The summed E-state index contributed by atoms with van der Waals surface area (Å²) >= 11 is 0. The molecule has 0 aliphatic rings. The molecular weight excluding hydrogens is 242 g/mol. The molecule has 0 spiro atoms. The zero-order valence-corrected chi connectivity index (χ0v) is 12.5. The first kappa shape index (κ1) is 15.7. The number of aromatic nitrogens is 2. The lowest BCUT2D eigenvalue weighted by molar-refractivity contribution is -0.144. The van der Waals surface area contributed by atoms with E-state index < -0.39 is 0 Å². The van der Waals surface area contributed by atoms with E-state index in [0.717, 1.165) is 37.4 Å². The third kappa shape index (κ3) is 5.03. The maximum Gasteiger partial charge on any atom is 0.320 e. The number of carbonyl (C=O) groups excluding carboxylic acids is 1. The first-order valence-electron chi connectivity index (χ1n) is 7.01. The molecule has 1 heterocycles. The number of esters is 1. The second-order valence-electron chi connectivity index (χ2n) is 4.61. The smallest absolute Gasteiger partial charge is 0.320 e. The van der Waals surface area contributed by atoms with Gasteiger partial charge in [0.15, 0.2) is 0 Å². The predicted octanol–water partition coefficient (Wildman–Crippen LogP) is 1.99. The molecule has 0 atom stereocenters. The van der Waals surface area contributed by atoms with Crippen LogP contribution in [0.1, 0.15) is 38.6 Å². The molecule has 0 unspecified atom stereocenters. The van der Waals surface area contributed by atoms with E-state index in [0.29, 0.717) is 13.2 Å². The zero-order chi connectivity index (χ0) is 14.3. The van der Waals surface area contributed by atoms with Crippen molar-refractivity contribution in [1.29, 1.82) is 0 Å². The highest BCUT2D eigenvalue weighted by molar-refractivity contribution is 5.71. The topological polar surface area (TPSA) is 47.4 Å². The van der Waals surface area contributed by atoms with Crippen molar-refractivity contribution in [1.82, 2.24) is 14.7 Å². The summed E-state index contributed by atoms with van der Waals surface area (Å²) in [7, 11) is 0. The number of aryl methyl sites for hydroxylation is 2. The van der Waals surface area contributed by atoms with Crippen LogP contribution >= 0.6 is 0 Å². The molecule has 5 heteroatoms. The van der Waals surface area contributed by atoms with Gasteiger partial charge in [-0.1, -0.05) is 6.92 Å². The van der Waals surface area contributed by atoms with E-state index in [1.165, 1.54) is 0 Å². The molecule has 108 valence electrons. The molecule has 0 amide bonds. The molecule has 0 radical (unpaired) electrons. The van der Waals surface area contributed by atoms with Gasteiger partial charge in [-0.15, -0.1) is 0 Å². The molecule has 1 aromatic heterocycles. The number of nitrogens with zero attached hydrogens (tertiary/aromatic N) is 3. The third-order valence-electron chi connectivity index (χ3n) is 2.87. The minimum atomic E-state index is -0.157. The van der Waals surface area contributed by atoms with Gasteiger partial charge in [-0.3, -0.25) is 14.4 Å². The van der Waals surface area contributed by atoms with Crippen molar-refractivity contribution < 1.29 is 9.53 Å². The van der Waals surface area contributed by atoms with Gasteiger partial charge in [0.05, 0.1) is 24.5 Å². The van der Waals surface area contributed by atoms with Crippen molar-refractivity contribution in [3.63, 3.8) is 0 Å². The highest BCUT2D eigenvalue weighted by atomic mass is 16.5. The molecule has 0 aliphatic carbocycles. The van der Waals surface area contributed by atoms with Crippen LogP contribution in [0.3, 0.4) is 0 Å². The lowest BCUT2D eigenvalue weighted by Gasteiger charge is -2.20. The minimum absolute atomic E-state index is 0.157. The second kappa shape index (κ2) is 7.94. The summed E-state index contributed by atoms with van der Waals surface area (Å²) in [5.41, 5.74) is 2.17. The first-order valence-corrected chi connectivity index (χ1v) is 7.01. The van der Waals surface area contributed by atoms with E-state index in [1.807, 2.05) is 18.5 Å². The van der Waals surface area contributed by atoms with Crippen molar-refractivity contribution >= 4 is 5.97 Å². The Kier molecular flexibility index (Phi) is 6.56. The fourth-order valence-corrected chi connectivity index (χ4v) is 2.15. The number of carbonyl (C=O) groups is 1. The maximum atomic E-state index is 11.6. The van der Waals surface area contributed by atoms with E-state index in [2.05, 4.69) is 29.9 Å². The van der Waals surface area contributed by atoms with Gasteiger partial charge < -0.3 is 4.74 Å². The van der Waals surface area contributed by atoms with Gasteiger partial charge in [0, 0.05) is 13.1 Å². The van der Waals surface area contributed by atoms with E-state index in [4.69, 9.17) is 4.74 Å². The molecule has 5 nitrogen and oxygen atoms in total. The zero-order valence-electron chi connectivity index (χ0n) is 12.5. The SMILES string of the molecule is CCCN(CC(=O)OCC)Cc1cc(C)nn1CC. The highest BCUT2D eigenvalue weighted by Gasteiger charge is 2.14. The van der Waals surface area contributed by atoms with Crippen LogP contribution < -0.4 is 0 Å². The van der Waals surface area contributed by atoms with Gasteiger partial charge in [0.25, 0.3) is 0 Å². The average Bonchev–Trinajstić information content (AvgIpc) is 2.70. The van der Waals surface area contributed by atoms with Crippen LogP contribution in [-0.4, -0.2) is 40.3 Å². The molecular formula is C14H25N3O2. The first-order chi connectivity index (χ1) is 9.10. The Labute approximate surface area is 115 Å². The van der Waals surface area contributed by atoms with Crippen LogP contribution in [0.2, 0.25) is 0 Å². The summed E-state index contributed by atoms with van der Waals surface area (Å²) in [6, 6.07) is 2.08. The number of rotatable bonds is 8. The third-order valence-corrected chi connectivity index (χ3v) is 2.87. The van der Waals surface area contributed by atoms with Gasteiger partial charge in [-0.25, -0.2) is 0 Å². The van der Waals surface area contributed by atoms with Gasteiger partial charge in [0.2, 0.25) is 0 Å². The highest BCUT2D eigenvalue weighted by Crippen LogP contribution is 2.08. The normalized spacial score (nSPS) is 11.0. The fraction of sp³-hybridized carbons (Fsp3) is 0.714. The number of ether oxygens (including phenoxy) is 1. The Bertz CT molecular complexity index is 401. The van der Waals surface area contributed by atoms with Gasteiger partial charge >= 0.3 is 5.97 Å². The van der Waals surface area contributed by atoms with Crippen LogP contribution in [0, 0.1) is 6.92 Å². The van der Waals surface area contributed by atoms with Gasteiger partial charge in [-0.2, -0.15) is 5.10 Å². The Morgan fingerprint density at radius 1 is 1.42 bits per heavy atom. The molecule has 0 fully saturated rings. The molecule has 0 bridgehead atoms. The summed E-state index contributed by atoms with van der Waals surface area (Å²) in [5, 5.41) is 4.43. The number of hydrogen-bond donors (Lipinski definition) is 0. The molecule has 1 rings (SSSR count). The lowest BCUT2D eigenvalue weighted by atomic mass is 10.3. The van der Waals surface area contributed by atoms with Crippen LogP contribution in [0.15, 0.2) is 6.07 Å². The van der Waals surface area contributed by atoms with E-state index >= 15 is 0 Å². The van der Waals surface area contributed by atoms with Crippen molar-refractivity contribution in [3.8, 4) is 0 Å². The van der Waals surface area contributed by atoms with Gasteiger partial charge in [0.1, 0.15) is 0 Å². The van der Waals surface area contributed by atoms with Crippen LogP contribution in [-0.2, 0) is 22.6 Å². The summed E-state index contributed by atoms with van der Waals surface area (Å²) < 4.78 is 7.00. The predicted molar refractivity (Wildman–Crippen MR) is 74.8 cm³/mol. The molecule has 0 saturated heterocycles. The summed E-state index contributed by atoms with van der Waals surface area (Å²) in [5.74, 6) is -0.157. The molecule has 19 heavy (non-hydrogen) atoms. The van der Waals surface area contributed by atoms with Crippen LogP contribution in [0.4, 0.5) is 0 Å². The molecule has 1 aromatic rings. The lowest BCUT2D eigenvalue weighted by Crippen LogP contribution is -2.32. The molecule has 0 aromatic carbocycles. The number of hydrogen-bond acceptors (Lipinski definition) is 4. The summed E-state index contributed by atoms with van der Waals surface area (Å²) in [4.78, 5) is 13.7. The Balaban J connectivity index is 2.68. The molecule has 0 aliphatic heterocycles. The minimum Gasteiger partial charge on any atom is -0.465 e. The van der Waals surface area contributed by atoms with Crippen molar-refractivity contribution in [3.05, 3.63) is 17.5 Å². The monoisotopic (exact) mass is 267 g/mol.